The van der Waals surface area contributed by atoms with Gasteiger partial charge in [-0.15, -0.1) is 0 Å². The molecule has 0 aromatic rings. The molecule has 3 heteroatoms. The van der Waals surface area contributed by atoms with E-state index in [4.69, 9.17) is 10.6 Å². The van der Waals surface area contributed by atoms with Gasteiger partial charge in [-0.05, 0) is 17.9 Å². The lowest BCUT2D eigenvalue weighted by Gasteiger charge is -2.34. The van der Waals surface area contributed by atoms with Crippen molar-refractivity contribution in [2.45, 2.75) is 33.7 Å². The second kappa shape index (κ2) is 4.81. The van der Waals surface area contributed by atoms with Gasteiger partial charge in [-0.25, -0.2) is 5.84 Å². The van der Waals surface area contributed by atoms with E-state index in [2.05, 4.69) is 26.8 Å². The van der Waals surface area contributed by atoms with E-state index < -0.39 is 0 Å². The zero-order valence-electron chi connectivity index (χ0n) is 10.2. The molecule has 0 radical (unpaired) electrons. The molecule has 0 bridgehead atoms. The van der Waals surface area contributed by atoms with Crippen LogP contribution < -0.4 is 5.84 Å². The molecule has 0 atom stereocenters. The summed E-state index contributed by atoms with van der Waals surface area (Å²) in [7, 11) is 0. The lowest BCUT2D eigenvalue weighted by Crippen LogP contribution is -2.50. The molecule has 15 heavy (non-hydrogen) atoms. The lowest BCUT2D eigenvalue weighted by molar-refractivity contribution is -0.0495. The monoisotopic (exact) mass is 210 g/mol. The van der Waals surface area contributed by atoms with Crippen LogP contribution in [0.5, 0.6) is 0 Å². The summed E-state index contributed by atoms with van der Waals surface area (Å²) in [6, 6.07) is 0.340. The van der Waals surface area contributed by atoms with Gasteiger partial charge in [0.1, 0.15) is 0 Å². The summed E-state index contributed by atoms with van der Waals surface area (Å²) in [4.78, 5) is 0. The third-order valence-corrected chi connectivity index (χ3v) is 2.54. The molecule has 0 unspecified atom stereocenters. The predicted molar refractivity (Wildman–Crippen MR) is 63.0 cm³/mol. The van der Waals surface area contributed by atoms with Gasteiger partial charge < -0.3 is 9.75 Å². The van der Waals surface area contributed by atoms with E-state index in [1.807, 2.05) is 19.2 Å². The molecule has 1 fully saturated rings. The van der Waals surface area contributed by atoms with Gasteiger partial charge >= 0.3 is 0 Å². The second-order valence-corrected chi connectivity index (χ2v) is 4.97. The fraction of sp³-hybridized carbons (Fsp3) is 0.667. The Labute approximate surface area is 92.6 Å². The van der Waals surface area contributed by atoms with Crippen molar-refractivity contribution in [3.8, 4) is 0 Å². The molecule has 0 saturated carbocycles. The van der Waals surface area contributed by atoms with Gasteiger partial charge in [-0.2, -0.15) is 0 Å². The first-order chi connectivity index (χ1) is 6.95. The van der Waals surface area contributed by atoms with Crippen LogP contribution in [0.4, 0.5) is 0 Å². The van der Waals surface area contributed by atoms with E-state index in [-0.39, 0.29) is 5.41 Å². The van der Waals surface area contributed by atoms with Crippen molar-refractivity contribution in [2.24, 2.45) is 11.3 Å². The molecule has 0 amide bonds. The van der Waals surface area contributed by atoms with Crippen LogP contribution in [0.15, 0.2) is 23.9 Å². The first-order valence-corrected chi connectivity index (χ1v) is 5.41. The highest BCUT2D eigenvalue weighted by molar-refractivity contribution is 5.24. The van der Waals surface area contributed by atoms with Crippen LogP contribution in [0, 0.1) is 5.41 Å². The van der Waals surface area contributed by atoms with Crippen LogP contribution in [-0.4, -0.2) is 24.3 Å². The Morgan fingerprint density at radius 2 is 2.00 bits per heavy atom. The molecule has 1 heterocycles. The lowest BCUT2D eigenvalue weighted by atomic mass is 9.86. The molecule has 1 aliphatic heterocycles. The van der Waals surface area contributed by atoms with E-state index in [9.17, 15) is 0 Å². The summed E-state index contributed by atoms with van der Waals surface area (Å²) >= 11 is 0. The summed E-state index contributed by atoms with van der Waals surface area (Å²) in [5, 5.41) is 1.77. The number of nitrogens with zero attached hydrogens (tertiary/aromatic N) is 1. The van der Waals surface area contributed by atoms with Crippen molar-refractivity contribution in [2.75, 3.05) is 13.2 Å². The Bertz CT molecular complexity index is 259. The van der Waals surface area contributed by atoms with Crippen LogP contribution in [0.2, 0.25) is 0 Å². The van der Waals surface area contributed by atoms with E-state index in [1.165, 1.54) is 5.57 Å². The van der Waals surface area contributed by atoms with Crippen LogP contribution in [-0.2, 0) is 4.74 Å². The van der Waals surface area contributed by atoms with Crippen molar-refractivity contribution in [1.82, 2.24) is 5.01 Å². The maximum atomic E-state index is 5.95. The van der Waals surface area contributed by atoms with Crippen molar-refractivity contribution in [3.63, 3.8) is 0 Å². The van der Waals surface area contributed by atoms with Crippen molar-refractivity contribution < 1.29 is 4.74 Å². The molecule has 0 aromatic heterocycles. The summed E-state index contributed by atoms with van der Waals surface area (Å²) in [5.74, 6) is 5.95. The molecule has 2 N–H and O–H groups in total. The maximum absolute atomic E-state index is 5.95. The zero-order valence-corrected chi connectivity index (χ0v) is 10.2. The van der Waals surface area contributed by atoms with Crippen LogP contribution >= 0.6 is 0 Å². The minimum Gasteiger partial charge on any atom is -0.377 e. The summed E-state index contributed by atoms with van der Waals surface area (Å²) in [6.07, 6.45) is 6.18. The van der Waals surface area contributed by atoms with Crippen LogP contribution in [0.1, 0.15) is 27.7 Å². The maximum Gasteiger partial charge on any atom is 0.0912 e. The van der Waals surface area contributed by atoms with E-state index in [1.54, 1.807) is 5.01 Å². The third-order valence-electron chi connectivity index (χ3n) is 2.54. The number of hydrogen-bond donors (Lipinski definition) is 1. The van der Waals surface area contributed by atoms with Crippen molar-refractivity contribution in [1.29, 1.82) is 0 Å². The van der Waals surface area contributed by atoms with Gasteiger partial charge in [0.05, 0.1) is 19.3 Å². The molecule has 0 aromatic carbocycles. The third kappa shape index (κ3) is 3.36. The molecule has 1 rings (SSSR count). The normalized spacial score (nSPS) is 19.4. The Balaban J connectivity index is 2.73. The molecular weight excluding hydrogens is 188 g/mol. The highest BCUT2D eigenvalue weighted by atomic mass is 16.5. The molecule has 1 saturated heterocycles. The van der Waals surface area contributed by atoms with Crippen LogP contribution in [0.3, 0.4) is 0 Å². The molecule has 0 spiro atoms. The molecule has 3 nitrogen and oxygen atoms in total. The SMILES string of the molecule is C/C=C\C(=C/N(N)C1COC1)C(C)(C)C. The van der Waals surface area contributed by atoms with Crippen molar-refractivity contribution >= 4 is 0 Å². The average molecular weight is 210 g/mol. The molecule has 0 aliphatic carbocycles. The summed E-state index contributed by atoms with van der Waals surface area (Å²) < 4.78 is 5.11. The Morgan fingerprint density at radius 1 is 1.40 bits per heavy atom. The van der Waals surface area contributed by atoms with E-state index >= 15 is 0 Å². The fourth-order valence-electron chi connectivity index (χ4n) is 1.33. The van der Waals surface area contributed by atoms with E-state index in [0.717, 1.165) is 13.2 Å². The number of hydrazine groups is 1. The van der Waals surface area contributed by atoms with Gasteiger partial charge in [0.25, 0.3) is 0 Å². The predicted octanol–water partition coefficient (Wildman–Crippen LogP) is 2.07. The molecular formula is C12H22N2O. The fourth-order valence-corrected chi connectivity index (χ4v) is 1.33. The summed E-state index contributed by atoms with van der Waals surface area (Å²) in [5.41, 5.74) is 1.36. The van der Waals surface area contributed by atoms with Gasteiger partial charge in [0, 0.05) is 6.20 Å². The molecule has 86 valence electrons. The number of rotatable bonds is 3. The first-order valence-electron chi connectivity index (χ1n) is 5.41. The average Bonchev–Trinajstić information content (AvgIpc) is 1.98. The number of hydrogen-bond acceptors (Lipinski definition) is 3. The number of nitrogens with two attached hydrogens (primary N) is 1. The highest BCUT2D eigenvalue weighted by Gasteiger charge is 2.23. The summed E-state index contributed by atoms with van der Waals surface area (Å²) in [6.45, 7) is 10.0. The first kappa shape index (κ1) is 12.3. The second-order valence-electron chi connectivity index (χ2n) is 4.97. The largest absolute Gasteiger partial charge is 0.377 e. The standard InChI is InChI=1S/C12H22N2O/c1-5-6-10(12(2,3)4)7-14(13)11-8-15-9-11/h5-7,11H,8-9,13H2,1-4H3/b6-5-,10-7+. The van der Waals surface area contributed by atoms with Gasteiger partial charge in [-0.3, -0.25) is 0 Å². The number of allylic oxidation sites excluding steroid dienone is 3. The van der Waals surface area contributed by atoms with Crippen LogP contribution in [0.25, 0.3) is 0 Å². The smallest absolute Gasteiger partial charge is 0.0912 e. The minimum atomic E-state index is 0.120. The minimum absolute atomic E-state index is 0.120. The molecule has 1 aliphatic rings. The van der Waals surface area contributed by atoms with Crippen molar-refractivity contribution in [3.05, 3.63) is 23.9 Å². The van der Waals surface area contributed by atoms with E-state index in [0.29, 0.717) is 6.04 Å². The Kier molecular flexibility index (Phi) is 3.94. The van der Waals surface area contributed by atoms with Gasteiger partial charge in [0.2, 0.25) is 0 Å². The topological polar surface area (TPSA) is 38.5 Å². The Hall–Kier alpha value is -0.800. The quantitative estimate of drug-likeness (QED) is 0.440. The highest BCUT2D eigenvalue weighted by Crippen LogP contribution is 2.26. The Morgan fingerprint density at radius 3 is 2.33 bits per heavy atom. The van der Waals surface area contributed by atoms with Gasteiger partial charge in [-0.1, -0.05) is 32.9 Å². The van der Waals surface area contributed by atoms with Gasteiger partial charge in [0.15, 0.2) is 0 Å². The zero-order chi connectivity index (χ0) is 11.5. The number of ether oxygens (including phenoxy) is 1.